The van der Waals surface area contributed by atoms with Crippen molar-refractivity contribution in [1.29, 1.82) is 0 Å². The molecule has 0 saturated carbocycles. The van der Waals surface area contributed by atoms with Crippen LogP contribution in [0.3, 0.4) is 0 Å². The summed E-state index contributed by atoms with van der Waals surface area (Å²) in [5.74, 6) is 2.30. The van der Waals surface area contributed by atoms with Gasteiger partial charge >= 0.3 is 0 Å². The van der Waals surface area contributed by atoms with E-state index in [0.29, 0.717) is 29.5 Å². The fourth-order valence-electron chi connectivity index (χ4n) is 3.89. The molecule has 4 aromatic rings. The van der Waals surface area contributed by atoms with Crippen LogP contribution < -0.4 is 5.56 Å². The van der Waals surface area contributed by atoms with Crippen LogP contribution in [0.1, 0.15) is 36.3 Å². The largest absolute Gasteiger partial charge is 0.339 e. The Morgan fingerprint density at radius 3 is 2.93 bits per heavy atom. The molecule has 148 valence electrons. The van der Waals surface area contributed by atoms with E-state index in [4.69, 9.17) is 9.51 Å². The van der Waals surface area contributed by atoms with Gasteiger partial charge in [-0.1, -0.05) is 35.5 Å². The van der Waals surface area contributed by atoms with Gasteiger partial charge in [0.05, 0.1) is 17.8 Å². The Bertz CT molecular complexity index is 1200. The molecule has 1 fully saturated rings. The van der Waals surface area contributed by atoms with Crippen LogP contribution in [0.2, 0.25) is 0 Å². The van der Waals surface area contributed by atoms with Crippen molar-refractivity contribution in [3.8, 4) is 10.4 Å². The summed E-state index contributed by atoms with van der Waals surface area (Å²) in [4.78, 5) is 28.9. The van der Waals surface area contributed by atoms with Crippen LogP contribution in [-0.2, 0) is 6.54 Å². The van der Waals surface area contributed by atoms with Gasteiger partial charge in [0, 0.05) is 11.4 Å². The summed E-state index contributed by atoms with van der Waals surface area (Å²) < 4.78 is 5.36. The van der Waals surface area contributed by atoms with Gasteiger partial charge in [0.2, 0.25) is 5.89 Å². The van der Waals surface area contributed by atoms with Crippen LogP contribution in [0.5, 0.6) is 0 Å². The lowest BCUT2D eigenvalue weighted by molar-refractivity contribution is 0.177. The lowest BCUT2D eigenvalue weighted by atomic mass is 9.98. The van der Waals surface area contributed by atoms with Gasteiger partial charge < -0.3 is 9.51 Å². The second kappa shape index (κ2) is 7.53. The number of hydrogen-bond acceptors (Lipinski definition) is 7. The Hall–Kier alpha value is -2.84. The van der Waals surface area contributed by atoms with Gasteiger partial charge in [-0.15, -0.1) is 11.3 Å². The van der Waals surface area contributed by atoms with E-state index in [2.05, 4.69) is 20.0 Å². The smallest absolute Gasteiger partial charge is 0.259 e. The van der Waals surface area contributed by atoms with E-state index in [1.54, 1.807) is 11.3 Å². The van der Waals surface area contributed by atoms with Gasteiger partial charge in [-0.05, 0) is 37.9 Å². The van der Waals surface area contributed by atoms with Gasteiger partial charge in [-0.3, -0.25) is 9.69 Å². The first kappa shape index (κ1) is 18.2. The maximum atomic E-state index is 12.6. The minimum absolute atomic E-state index is 0.0792. The number of nitrogens with zero attached hydrogens (tertiary/aromatic N) is 4. The summed E-state index contributed by atoms with van der Waals surface area (Å²) >= 11 is 1.56. The number of benzene rings is 1. The van der Waals surface area contributed by atoms with E-state index in [1.165, 1.54) is 0 Å². The van der Waals surface area contributed by atoms with Crippen molar-refractivity contribution in [2.24, 2.45) is 0 Å². The SMILES string of the molecule is Cc1noc(C2CCCN(Cc3nc4sc(-c5ccccc5)cc4c(=O)[nH]3)C2)n1. The number of nitrogens with one attached hydrogen (secondary N) is 1. The molecule has 29 heavy (non-hydrogen) atoms. The van der Waals surface area contributed by atoms with Crippen molar-refractivity contribution in [2.45, 2.75) is 32.2 Å². The first-order valence-electron chi connectivity index (χ1n) is 9.76. The second-order valence-corrected chi connectivity index (χ2v) is 8.49. The Kier molecular flexibility index (Phi) is 4.73. The summed E-state index contributed by atoms with van der Waals surface area (Å²) in [6.07, 6.45) is 2.09. The molecule has 0 radical (unpaired) electrons. The van der Waals surface area contributed by atoms with E-state index >= 15 is 0 Å². The molecule has 0 spiro atoms. The third kappa shape index (κ3) is 3.73. The summed E-state index contributed by atoms with van der Waals surface area (Å²) in [6, 6.07) is 12.0. The molecular formula is C21H21N5O2S. The molecular weight excluding hydrogens is 386 g/mol. The number of piperidine rings is 1. The van der Waals surface area contributed by atoms with Crippen LogP contribution in [0.4, 0.5) is 0 Å². The van der Waals surface area contributed by atoms with Crippen molar-refractivity contribution in [3.63, 3.8) is 0 Å². The fourth-order valence-corrected chi connectivity index (χ4v) is 4.94. The van der Waals surface area contributed by atoms with Gasteiger partial charge in [0.1, 0.15) is 10.7 Å². The summed E-state index contributed by atoms with van der Waals surface area (Å²) in [7, 11) is 0. The van der Waals surface area contributed by atoms with Crippen LogP contribution >= 0.6 is 11.3 Å². The van der Waals surface area contributed by atoms with Crippen LogP contribution in [0.25, 0.3) is 20.7 Å². The standard InChI is InChI=1S/C21H21N5O2S/c1-13-22-20(28-25-13)15-8-5-9-26(11-15)12-18-23-19(27)16-10-17(29-21(16)24-18)14-6-3-2-4-7-14/h2-4,6-7,10,15H,5,8-9,11-12H2,1H3,(H,23,24,27). The van der Waals surface area contributed by atoms with E-state index in [1.807, 2.05) is 43.3 Å². The lowest BCUT2D eigenvalue weighted by Gasteiger charge is -2.30. The molecule has 4 heterocycles. The molecule has 1 aromatic carbocycles. The number of aryl methyl sites for hydroxylation is 1. The number of hydrogen-bond donors (Lipinski definition) is 1. The molecule has 0 bridgehead atoms. The van der Waals surface area contributed by atoms with E-state index in [0.717, 1.165) is 41.2 Å². The zero-order chi connectivity index (χ0) is 19.8. The Labute approximate surface area is 171 Å². The molecule has 0 amide bonds. The van der Waals surface area contributed by atoms with Crippen molar-refractivity contribution in [2.75, 3.05) is 13.1 Å². The minimum atomic E-state index is -0.0792. The maximum absolute atomic E-state index is 12.6. The highest BCUT2D eigenvalue weighted by molar-refractivity contribution is 7.21. The molecule has 3 aromatic heterocycles. The normalized spacial score (nSPS) is 17.8. The predicted molar refractivity (Wildman–Crippen MR) is 112 cm³/mol. The number of thiophene rings is 1. The van der Waals surface area contributed by atoms with Gasteiger partial charge in [-0.2, -0.15) is 4.98 Å². The van der Waals surface area contributed by atoms with Crippen LogP contribution in [0, 0.1) is 6.92 Å². The number of fused-ring (bicyclic) bond motifs is 1. The minimum Gasteiger partial charge on any atom is -0.339 e. The number of H-pyrrole nitrogens is 1. The van der Waals surface area contributed by atoms with Crippen molar-refractivity contribution >= 4 is 21.6 Å². The highest BCUT2D eigenvalue weighted by Crippen LogP contribution is 2.31. The molecule has 8 heteroatoms. The first-order valence-corrected chi connectivity index (χ1v) is 10.6. The molecule has 1 N–H and O–H groups in total. The second-order valence-electron chi connectivity index (χ2n) is 7.46. The van der Waals surface area contributed by atoms with E-state index < -0.39 is 0 Å². The van der Waals surface area contributed by atoms with Crippen molar-refractivity contribution in [1.82, 2.24) is 25.0 Å². The third-order valence-corrected chi connectivity index (χ3v) is 6.36. The predicted octanol–water partition coefficient (Wildman–Crippen LogP) is 3.72. The maximum Gasteiger partial charge on any atom is 0.259 e. The lowest BCUT2D eigenvalue weighted by Crippen LogP contribution is -2.35. The molecule has 1 atom stereocenters. The van der Waals surface area contributed by atoms with Crippen molar-refractivity contribution in [3.05, 3.63) is 64.3 Å². The van der Waals surface area contributed by atoms with Crippen LogP contribution in [0.15, 0.2) is 45.7 Å². The zero-order valence-electron chi connectivity index (χ0n) is 16.1. The summed E-state index contributed by atoms with van der Waals surface area (Å²) in [5.41, 5.74) is 1.02. The van der Waals surface area contributed by atoms with Gasteiger partial charge in [0.25, 0.3) is 5.56 Å². The Morgan fingerprint density at radius 2 is 2.14 bits per heavy atom. The molecule has 0 aliphatic carbocycles. The molecule has 7 nitrogen and oxygen atoms in total. The molecule has 1 aliphatic heterocycles. The zero-order valence-corrected chi connectivity index (χ0v) is 16.9. The van der Waals surface area contributed by atoms with Gasteiger partial charge in [-0.25, -0.2) is 4.98 Å². The molecule has 1 aliphatic rings. The third-order valence-electron chi connectivity index (χ3n) is 5.28. The average Bonchev–Trinajstić information content (AvgIpc) is 3.36. The number of aromatic amines is 1. The summed E-state index contributed by atoms with van der Waals surface area (Å²) in [5, 5.41) is 4.56. The number of aromatic nitrogens is 4. The highest BCUT2D eigenvalue weighted by atomic mass is 32.1. The molecule has 1 saturated heterocycles. The van der Waals surface area contributed by atoms with E-state index in [9.17, 15) is 4.79 Å². The average molecular weight is 407 g/mol. The highest BCUT2D eigenvalue weighted by Gasteiger charge is 2.26. The summed E-state index contributed by atoms with van der Waals surface area (Å²) in [6.45, 7) is 4.23. The topological polar surface area (TPSA) is 87.9 Å². The number of likely N-dealkylation sites (tertiary alicyclic amines) is 1. The van der Waals surface area contributed by atoms with Crippen molar-refractivity contribution < 1.29 is 4.52 Å². The number of rotatable bonds is 4. The monoisotopic (exact) mass is 407 g/mol. The van der Waals surface area contributed by atoms with Gasteiger partial charge in [0.15, 0.2) is 5.82 Å². The Morgan fingerprint density at radius 1 is 1.28 bits per heavy atom. The van der Waals surface area contributed by atoms with Crippen LogP contribution in [-0.4, -0.2) is 38.1 Å². The Balaban J connectivity index is 1.38. The quantitative estimate of drug-likeness (QED) is 0.555. The van der Waals surface area contributed by atoms with E-state index in [-0.39, 0.29) is 11.5 Å². The fraction of sp³-hybridized carbons (Fsp3) is 0.333. The molecule has 5 rings (SSSR count). The molecule has 1 unspecified atom stereocenters. The first-order chi connectivity index (χ1) is 14.2.